The van der Waals surface area contributed by atoms with E-state index in [9.17, 15) is 0 Å². The molecule has 2 heterocycles. The molecule has 5 aromatic rings. The van der Waals surface area contributed by atoms with Gasteiger partial charge < -0.3 is 9.47 Å². The summed E-state index contributed by atoms with van der Waals surface area (Å²) in [5, 5.41) is 10.4. The highest BCUT2D eigenvalue weighted by molar-refractivity contribution is 6.19. The van der Waals surface area contributed by atoms with Crippen molar-refractivity contribution in [3.8, 4) is 11.1 Å². The zero-order valence-corrected chi connectivity index (χ0v) is 38.9. The molecule has 0 saturated heterocycles. The number of hydrogen-bond acceptors (Lipinski definition) is 3. The second-order valence-electron chi connectivity index (χ2n) is 17.9. The Morgan fingerprint density at radius 3 is 2.36 bits per heavy atom. The zero-order valence-electron chi connectivity index (χ0n) is 38.9. The van der Waals surface area contributed by atoms with E-state index in [1.54, 1.807) is 0 Å². The van der Waals surface area contributed by atoms with Crippen molar-refractivity contribution in [2.45, 2.75) is 89.5 Å². The number of hydrogen-bond donors (Lipinski definition) is 1. The molecule has 66 heavy (non-hydrogen) atoms. The largest absolute Gasteiger partial charge is 0.357 e. The van der Waals surface area contributed by atoms with Crippen LogP contribution in [0.5, 0.6) is 0 Å². The van der Waals surface area contributed by atoms with Crippen LogP contribution in [0.3, 0.4) is 0 Å². The number of allylic oxidation sites excluding steroid dienone is 14. The van der Waals surface area contributed by atoms with E-state index in [-0.39, 0.29) is 18.4 Å². The van der Waals surface area contributed by atoms with E-state index in [0.717, 1.165) is 68.2 Å². The van der Waals surface area contributed by atoms with E-state index in [0.29, 0.717) is 12.5 Å². The first-order valence-electron chi connectivity index (χ1n) is 24.1. The molecule has 3 aliphatic carbocycles. The fourth-order valence-corrected chi connectivity index (χ4v) is 11.0. The van der Waals surface area contributed by atoms with Crippen LogP contribution in [0.2, 0.25) is 0 Å². The van der Waals surface area contributed by atoms with Gasteiger partial charge in [-0.2, -0.15) is 0 Å². The first-order valence-corrected chi connectivity index (χ1v) is 24.1. The average molecular weight is 865 g/mol. The average Bonchev–Trinajstić information content (AvgIpc) is 3.85. The van der Waals surface area contributed by atoms with Crippen LogP contribution in [0, 0.1) is 0 Å². The maximum Gasteiger partial charge on any atom is 0.181 e. The number of benzene rings is 4. The molecule has 1 unspecified atom stereocenters. The Hall–Kier alpha value is -6.75. The fraction of sp³-hybridized carbons (Fsp3) is 0.242. The fourth-order valence-electron chi connectivity index (χ4n) is 11.0. The van der Waals surface area contributed by atoms with Gasteiger partial charge in [0.2, 0.25) is 0 Å². The highest BCUT2D eigenvalue weighted by Gasteiger charge is 2.41. The van der Waals surface area contributed by atoms with Crippen molar-refractivity contribution in [1.82, 2.24) is 9.88 Å². The lowest BCUT2D eigenvalue weighted by Gasteiger charge is -2.36. The maximum absolute atomic E-state index is 5.59. The monoisotopic (exact) mass is 865 g/mol. The minimum absolute atomic E-state index is 0.181. The topological polar surface area (TPSA) is 32.6 Å². The summed E-state index contributed by atoms with van der Waals surface area (Å²) in [6, 6.07) is 23.7. The molecule has 4 aromatic carbocycles. The quantitative estimate of drug-likeness (QED) is 0.0792. The van der Waals surface area contributed by atoms with Crippen LogP contribution in [0.1, 0.15) is 87.8 Å². The van der Waals surface area contributed by atoms with Gasteiger partial charge in [-0.15, -0.1) is 6.58 Å². The molecule has 0 amide bonds. The number of rotatable bonds is 16. The molecular weight excluding hydrogens is 801 g/mol. The lowest BCUT2D eigenvalue weighted by molar-refractivity contribution is 0.445. The molecule has 1 aromatic heterocycles. The molecule has 0 fully saturated rings. The molecule has 4 atom stereocenters. The van der Waals surface area contributed by atoms with Crippen molar-refractivity contribution in [3.05, 3.63) is 218 Å². The summed E-state index contributed by atoms with van der Waals surface area (Å²) in [7, 11) is 0. The summed E-state index contributed by atoms with van der Waals surface area (Å²) in [5.41, 5.74) is 13.7. The van der Waals surface area contributed by atoms with Crippen LogP contribution in [0.15, 0.2) is 206 Å². The number of nitrogens with one attached hydrogen (secondary N) is 1. The Kier molecular flexibility index (Phi) is 13.6. The number of fused-ring (bicyclic) bond motifs is 8. The molecular formula is C62H64N4. The van der Waals surface area contributed by atoms with Gasteiger partial charge in [0, 0.05) is 40.3 Å². The lowest BCUT2D eigenvalue weighted by atomic mass is 9.85. The first kappa shape index (κ1) is 44.5. The Morgan fingerprint density at radius 1 is 0.879 bits per heavy atom. The molecule has 4 heteroatoms. The van der Waals surface area contributed by atoms with Gasteiger partial charge in [0.05, 0.1) is 17.6 Å². The van der Waals surface area contributed by atoms with Gasteiger partial charge in [-0.05, 0) is 125 Å². The Bertz CT molecular complexity index is 3000. The molecule has 0 bridgehead atoms. The highest BCUT2D eigenvalue weighted by Crippen LogP contribution is 2.53. The minimum Gasteiger partial charge on any atom is -0.357 e. The van der Waals surface area contributed by atoms with E-state index in [4.69, 9.17) is 4.99 Å². The minimum atomic E-state index is -0.374. The molecule has 0 spiro atoms. The standard InChI is InChI=1S/C62H64N4/c1-7-12-13-14-15-28-44-36-38-46(39-37-44)65-57(11-5)49(26-10-4)55-40-53(48-30-18-20-32-51(48)61(55)65)54-41-59-60(50-31-19-17-29-47(50)54)52-33-21-23-35-58(52)66(59)62(63-42-45(24-8-2)25-9-3)64-56-34-22-16-27-43(56)6/h7-9,11-20,23-25,27,29-32,35-38,40-41,46,49,57,62-63H,1-2,5-6,10,21-22,26,28,33-34,39,42H2,3-4H3/b13-12-,15-14-,25-9-,45-24+,64-56-/t46-,49-,57?,62+/m0/s1. The van der Waals surface area contributed by atoms with Crippen molar-refractivity contribution in [3.63, 3.8) is 0 Å². The molecule has 4 aliphatic rings. The summed E-state index contributed by atoms with van der Waals surface area (Å²) in [6.45, 7) is 21.8. The van der Waals surface area contributed by atoms with Crippen molar-refractivity contribution in [1.29, 1.82) is 0 Å². The van der Waals surface area contributed by atoms with Crippen molar-refractivity contribution < 1.29 is 0 Å². The molecule has 9 rings (SSSR count). The van der Waals surface area contributed by atoms with Crippen molar-refractivity contribution in [2.24, 2.45) is 4.99 Å². The Balaban J connectivity index is 1.25. The van der Waals surface area contributed by atoms with Gasteiger partial charge in [0.15, 0.2) is 6.29 Å². The van der Waals surface area contributed by atoms with E-state index < -0.39 is 0 Å². The van der Waals surface area contributed by atoms with Crippen LogP contribution in [0.4, 0.5) is 5.69 Å². The third-order valence-corrected chi connectivity index (χ3v) is 13.9. The molecule has 1 N–H and O–H groups in total. The predicted octanol–water partition coefficient (Wildman–Crippen LogP) is 15.9. The molecule has 0 radical (unpaired) electrons. The normalized spacial score (nSPS) is 20.7. The van der Waals surface area contributed by atoms with Crippen molar-refractivity contribution >= 4 is 49.9 Å². The first-order chi connectivity index (χ1) is 32.5. The molecule has 0 saturated carbocycles. The van der Waals surface area contributed by atoms with Crippen LogP contribution in [-0.2, 0) is 6.42 Å². The highest BCUT2D eigenvalue weighted by atomic mass is 15.3. The van der Waals surface area contributed by atoms with Gasteiger partial charge in [-0.25, -0.2) is 4.99 Å². The number of anilines is 1. The summed E-state index contributed by atoms with van der Waals surface area (Å²) in [4.78, 5) is 8.30. The Labute approximate surface area is 392 Å². The van der Waals surface area contributed by atoms with Crippen LogP contribution < -0.4 is 10.2 Å². The third-order valence-electron chi connectivity index (χ3n) is 13.9. The van der Waals surface area contributed by atoms with E-state index >= 15 is 0 Å². The number of nitrogens with zero attached hydrogens (tertiary/aromatic N) is 3. The second-order valence-corrected chi connectivity index (χ2v) is 17.9. The van der Waals surface area contributed by atoms with Gasteiger partial charge in [-0.3, -0.25) is 5.32 Å². The number of aromatic nitrogens is 1. The van der Waals surface area contributed by atoms with E-state index in [1.165, 1.54) is 71.7 Å². The SMILES string of the molecule is C=C/C=C\C=C/CC1=CC[C@@H](N2c3c(cc(-c4cc5c(c6c(n5[C@@H](/N=C5/CCC=CC5=C)NCC(/C=C\C)=C/C=C)C=CCC6)c5ccccc45)c4ccccc34)[C@H](CCC)C2C=C)C=C1. The summed E-state index contributed by atoms with van der Waals surface area (Å²) in [5.74, 6) is 0.317. The molecule has 332 valence electrons. The van der Waals surface area contributed by atoms with Crippen molar-refractivity contribution in [2.75, 3.05) is 11.4 Å². The summed E-state index contributed by atoms with van der Waals surface area (Å²) in [6.07, 6.45) is 44.3. The van der Waals surface area contributed by atoms with Crippen LogP contribution >= 0.6 is 0 Å². The lowest BCUT2D eigenvalue weighted by Crippen LogP contribution is -2.40. The van der Waals surface area contributed by atoms with E-state index in [1.807, 2.05) is 24.3 Å². The van der Waals surface area contributed by atoms with Gasteiger partial charge in [0.25, 0.3) is 0 Å². The maximum atomic E-state index is 5.59. The van der Waals surface area contributed by atoms with E-state index in [2.05, 4.69) is 195 Å². The Morgan fingerprint density at radius 2 is 1.64 bits per heavy atom. The number of aliphatic imine (C=N–C) groups is 1. The van der Waals surface area contributed by atoms with Gasteiger partial charge >= 0.3 is 0 Å². The smallest absolute Gasteiger partial charge is 0.181 e. The number of aryl methyl sites for hydroxylation is 1. The van der Waals surface area contributed by atoms with Gasteiger partial charge in [0.1, 0.15) is 0 Å². The molecule has 4 nitrogen and oxygen atoms in total. The second kappa shape index (κ2) is 20.2. The third kappa shape index (κ3) is 8.47. The van der Waals surface area contributed by atoms with Gasteiger partial charge in [-0.1, -0.05) is 179 Å². The molecule has 1 aliphatic heterocycles. The van der Waals surface area contributed by atoms with Crippen LogP contribution in [0.25, 0.3) is 49.7 Å². The van der Waals surface area contributed by atoms with Crippen LogP contribution in [-0.4, -0.2) is 28.9 Å². The predicted molar refractivity (Wildman–Crippen MR) is 288 cm³/mol. The zero-order chi connectivity index (χ0) is 45.6. The summed E-state index contributed by atoms with van der Waals surface area (Å²) < 4.78 is 2.49. The summed E-state index contributed by atoms with van der Waals surface area (Å²) >= 11 is 0.